The van der Waals surface area contributed by atoms with Crippen LogP contribution in [0.25, 0.3) is 22.3 Å². The highest BCUT2D eigenvalue weighted by atomic mass is 15.1. The first kappa shape index (κ1) is 27.6. The van der Waals surface area contributed by atoms with Crippen molar-refractivity contribution in [3.8, 4) is 22.3 Å². The minimum absolute atomic E-state index is 0.267. The number of anilines is 3. The SMILES string of the molecule is CC1(c2ccccc2)c2ccccc2-c2ccc(N(c3ccccc3)c3ccc4c(c3)C(C)(c3ccccc3)c3ccccc3-4)cc21. The van der Waals surface area contributed by atoms with E-state index in [1.807, 2.05) is 0 Å². The van der Waals surface area contributed by atoms with E-state index < -0.39 is 0 Å². The maximum atomic E-state index is 2.44. The largest absolute Gasteiger partial charge is 0.310 e. The Morgan fingerprint density at radius 1 is 0.319 bits per heavy atom. The molecule has 9 rings (SSSR count). The molecule has 0 saturated heterocycles. The van der Waals surface area contributed by atoms with Crippen molar-refractivity contribution in [3.05, 3.63) is 209 Å². The summed E-state index contributed by atoms with van der Waals surface area (Å²) >= 11 is 0. The molecule has 1 heteroatoms. The molecule has 7 aromatic rings. The maximum absolute atomic E-state index is 2.44. The molecule has 1 nitrogen and oxygen atoms in total. The molecule has 2 atom stereocenters. The molecule has 2 unspecified atom stereocenters. The van der Waals surface area contributed by atoms with Crippen LogP contribution in [-0.2, 0) is 10.8 Å². The molecule has 0 amide bonds. The maximum Gasteiger partial charge on any atom is 0.0465 e. The Balaban J connectivity index is 1.26. The van der Waals surface area contributed by atoms with Crippen molar-refractivity contribution < 1.29 is 0 Å². The molecule has 0 saturated carbocycles. The summed E-state index contributed by atoms with van der Waals surface area (Å²) in [6.45, 7) is 4.78. The summed E-state index contributed by atoms with van der Waals surface area (Å²) in [5.74, 6) is 0. The van der Waals surface area contributed by atoms with E-state index in [9.17, 15) is 0 Å². The molecule has 2 aliphatic rings. The van der Waals surface area contributed by atoms with Gasteiger partial charge in [-0.3, -0.25) is 0 Å². The molecular formula is C46H35N. The van der Waals surface area contributed by atoms with Gasteiger partial charge in [0.25, 0.3) is 0 Å². The van der Waals surface area contributed by atoms with Gasteiger partial charge in [0.1, 0.15) is 0 Å². The van der Waals surface area contributed by atoms with Crippen LogP contribution in [0.1, 0.15) is 47.2 Å². The molecule has 0 heterocycles. The predicted octanol–water partition coefficient (Wildman–Crippen LogP) is 11.8. The summed E-state index contributed by atoms with van der Waals surface area (Å²) in [4.78, 5) is 2.43. The summed E-state index contributed by atoms with van der Waals surface area (Å²) in [6.07, 6.45) is 0. The zero-order valence-electron chi connectivity index (χ0n) is 26.7. The van der Waals surface area contributed by atoms with Crippen molar-refractivity contribution in [3.63, 3.8) is 0 Å². The third kappa shape index (κ3) is 3.96. The normalized spacial score (nSPS) is 18.6. The van der Waals surface area contributed by atoms with Crippen molar-refractivity contribution in [2.45, 2.75) is 24.7 Å². The molecule has 0 aliphatic heterocycles. The van der Waals surface area contributed by atoms with E-state index in [1.165, 1.54) is 55.6 Å². The fraction of sp³-hybridized carbons (Fsp3) is 0.0870. The van der Waals surface area contributed by atoms with Crippen LogP contribution < -0.4 is 4.90 Å². The first-order valence-corrected chi connectivity index (χ1v) is 16.5. The second-order valence-corrected chi connectivity index (χ2v) is 13.2. The number of nitrogens with zero attached hydrogens (tertiary/aromatic N) is 1. The van der Waals surface area contributed by atoms with E-state index in [2.05, 4.69) is 195 Å². The Morgan fingerprint density at radius 2 is 0.681 bits per heavy atom. The van der Waals surface area contributed by atoms with E-state index >= 15 is 0 Å². The van der Waals surface area contributed by atoms with Gasteiger partial charge in [-0.1, -0.05) is 140 Å². The number of rotatable bonds is 5. The van der Waals surface area contributed by atoms with Gasteiger partial charge in [-0.05, 0) is 106 Å². The number of hydrogen-bond donors (Lipinski definition) is 0. The molecule has 0 N–H and O–H groups in total. The smallest absolute Gasteiger partial charge is 0.0465 e. The lowest BCUT2D eigenvalue weighted by Gasteiger charge is -2.32. The zero-order chi connectivity index (χ0) is 31.6. The minimum atomic E-state index is -0.267. The molecule has 224 valence electrons. The van der Waals surface area contributed by atoms with Crippen LogP contribution in [0.15, 0.2) is 176 Å². The van der Waals surface area contributed by atoms with Crippen LogP contribution >= 0.6 is 0 Å². The summed E-state index contributed by atoms with van der Waals surface area (Å²) in [5, 5.41) is 0. The molecule has 2 aliphatic carbocycles. The van der Waals surface area contributed by atoms with Gasteiger partial charge in [-0.2, -0.15) is 0 Å². The van der Waals surface area contributed by atoms with Crippen LogP contribution in [0.4, 0.5) is 17.1 Å². The first-order chi connectivity index (χ1) is 23.1. The number of benzene rings is 7. The third-order valence-corrected chi connectivity index (χ3v) is 10.8. The van der Waals surface area contributed by atoms with Crippen LogP contribution in [0.2, 0.25) is 0 Å². The van der Waals surface area contributed by atoms with Gasteiger partial charge in [0, 0.05) is 27.9 Å². The first-order valence-electron chi connectivity index (χ1n) is 16.5. The van der Waals surface area contributed by atoms with Crippen LogP contribution in [0.5, 0.6) is 0 Å². The Morgan fingerprint density at radius 3 is 1.13 bits per heavy atom. The van der Waals surface area contributed by atoms with Crippen molar-refractivity contribution in [2.24, 2.45) is 0 Å². The molecule has 0 bridgehead atoms. The van der Waals surface area contributed by atoms with Crippen molar-refractivity contribution in [1.82, 2.24) is 0 Å². The summed E-state index contributed by atoms with van der Waals surface area (Å²) in [7, 11) is 0. The quantitative estimate of drug-likeness (QED) is 0.190. The number of fused-ring (bicyclic) bond motifs is 6. The summed E-state index contributed by atoms with van der Waals surface area (Å²) < 4.78 is 0. The standard InChI is InChI=1S/C46H35N/c1-45(32-16-6-3-7-17-32)41-24-14-12-22-37(41)39-28-26-35(30-43(39)45)47(34-20-10-5-11-21-34)36-27-29-40-38-23-13-15-25-42(38)46(2,44(40)31-36)33-18-8-4-9-19-33/h3-31H,1-2H3. The van der Waals surface area contributed by atoms with Gasteiger partial charge in [0.05, 0.1) is 0 Å². The zero-order valence-corrected chi connectivity index (χ0v) is 26.7. The van der Waals surface area contributed by atoms with E-state index in [0.717, 1.165) is 17.1 Å². The van der Waals surface area contributed by atoms with Crippen LogP contribution in [0.3, 0.4) is 0 Å². The van der Waals surface area contributed by atoms with Gasteiger partial charge in [0.15, 0.2) is 0 Å². The van der Waals surface area contributed by atoms with Gasteiger partial charge in [-0.15, -0.1) is 0 Å². The van der Waals surface area contributed by atoms with E-state index in [1.54, 1.807) is 0 Å². The molecule has 0 aromatic heterocycles. The van der Waals surface area contributed by atoms with Crippen molar-refractivity contribution in [2.75, 3.05) is 4.90 Å². The van der Waals surface area contributed by atoms with Crippen molar-refractivity contribution in [1.29, 1.82) is 0 Å². The van der Waals surface area contributed by atoms with Gasteiger partial charge < -0.3 is 4.90 Å². The molecule has 7 aromatic carbocycles. The monoisotopic (exact) mass is 601 g/mol. The highest BCUT2D eigenvalue weighted by molar-refractivity contribution is 5.90. The Labute approximate surface area is 277 Å². The van der Waals surface area contributed by atoms with Crippen LogP contribution in [-0.4, -0.2) is 0 Å². The minimum Gasteiger partial charge on any atom is -0.310 e. The van der Waals surface area contributed by atoms with E-state index in [0.29, 0.717) is 0 Å². The average Bonchev–Trinajstić information content (AvgIpc) is 3.56. The third-order valence-electron chi connectivity index (χ3n) is 10.8. The number of para-hydroxylation sites is 1. The molecule has 47 heavy (non-hydrogen) atoms. The summed E-state index contributed by atoms with van der Waals surface area (Å²) in [6, 6.07) is 64.8. The van der Waals surface area contributed by atoms with E-state index in [-0.39, 0.29) is 10.8 Å². The highest BCUT2D eigenvalue weighted by Crippen LogP contribution is 2.56. The van der Waals surface area contributed by atoms with E-state index in [4.69, 9.17) is 0 Å². The Hall–Kier alpha value is -5.66. The van der Waals surface area contributed by atoms with Crippen molar-refractivity contribution >= 4 is 17.1 Å². The molecule has 0 spiro atoms. The predicted molar refractivity (Wildman–Crippen MR) is 196 cm³/mol. The Kier molecular flexibility index (Phi) is 6.14. The van der Waals surface area contributed by atoms with Gasteiger partial charge >= 0.3 is 0 Å². The second kappa shape index (κ2) is 10.4. The molecule has 0 fully saturated rings. The number of hydrogen-bond acceptors (Lipinski definition) is 1. The second-order valence-electron chi connectivity index (χ2n) is 13.2. The fourth-order valence-electron chi connectivity index (χ4n) is 8.43. The van der Waals surface area contributed by atoms with Crippen LogP contribution in [0, 0.1) is 0 Å². The summed E-state index contributed by atoms with van der Waals surface area (Å²) in [5.41, 5.74) is 16.2. The lowest BCUT2D eigenvalue weighted by atomic mass is 9.74. The lowest BCUT2D eigenvalue weighted by Crippen LogP contribution is -2.23. The Bertz CT molecular complexity index is 2130. The van der Waals surface area contributed by atoms with Gasteiger partial charge in [0.2, 0.25) is 0 Å². The average molecular weight is 602 g/mol. The molecule has 0 radical (unpaired) electrons. The molecular weight excluding hydrogens is 567 g/mol. The highest BCUT2D eigenvalue weighted by Gasteiger charge is 2.42. The fourth-order valence-corrected chi connectivity index (χ4v) is 8.43. The van der Waals surface area contributed by atoms with Gasteiger partial charge in [-0.25, -0.2) is 0 Å². The topological polar surface area (TPSA) is 3.24 Å². The lowest BCUT2D eigenvalue weighted by molar-refractivity contribution is 0.713.